The van der Waals surface area contributed by atoms with E-state index in [-0.39, 0.29) is 28.2 Å². The summed E-state index contributed by atoms with van der Waals surface area (Å²) in [6.45, 7) is 0. The summed E-state index contributed by atoms with van der Waals surface area (Å²) in [5, 5.41) is 21.9. The van der Waals surface area contributed by atoms with Gasteiger partial charge < -0.3 is 24.9 Å². The summed E-state index contributed by atoms with van der Waals surface area (Å²) in [7, 11) is -4.35. The molecular formula is C31H29FNO5PS2. The average Bonchev–Trinajstić information content (AvgIpc) is 3.28. The van der Waals surface area contributed by atoms with Gasteiger partial charge in [-0.1, -0.05) is 78.6 Å². The quantitative estimate of drug-likeness (QED) is 0.121. The SMILES string of the molecule is O=P(O)(O)c1ccc(-c2ccc([C@@H]3[C@@H](CCC[C@@H](O)c4ccc(F)cc4)SC(=S)N3c3ccccc3)c(O)c2)cc1. The van der Waals surface area contributed by atoms with Crippen molar-refractivity contribution < 1.29 is 29.0 Å². The predicted molar refractivity (Wildman–Crippen MR) is 166 cm³/mol. The summed E-state index contributed by atoms with van der Waals surface area (Å²) in [5.74, 6) is -0.251. The van der Waals surface area contributed by atoms with Gasteiger partial charge in [0.25, 0.3) is 0 Å². The average molecular weight is 610 g/mol. The minimum absolute atomic E-state index is 0.00223. The van der Waals surface area contributed by atoms with Crippen molar-refractivity contribution in [3.05, 3.63) is 114 Å². The maximum absolute atomic E-state index is 13.3. The van der Waals surface area contributed by atoms with Crippen LogP contribution in [-0.2, 0) is 4.57 Å². The molecule has 3 atom stereocenters. The number of benzene rings is 4. The number of phenols is 1. The molecule has 1 saturated heterocycles. The minimum atomic E-state index is -4.35. The highest BCUT2D eigenvalue weighted by molar-refractivity contribution is 8.24. The summed E-state index contributed by atoms with van der Waals surface area (Å²) in [6.07, 6.45) is 1.22. The maximum atomic E-state index is 13.3. The van der Waals surface area contributed by atoms with Crippen molar-refractivity contribution in [2.75, 3.05) is 4.90 Å². The zero-order chi connectivity index (χ0) is 29.1. The highest BCUT2D eigenvalue weighted by atomic mass is 32.2. The van der Waals surface area contributed by atoms with Crippen LogP contribution >= 0.6 is 31.6 Å². The summed E-state index contributed by atoms with van der Waals surface area (Å²) in [6, 6.07) is 26.8. The van der Waals surface area contributed by atoms with Gasteiger partial charge in [-0.3, -0.25) is 4.57 Å². The van der Waals surface area contributed by atoms with Crippen LogP contribution in [-0.4, -0.2) is 29.6 Å². The Kier molecular flexibility index (Phi) is 8.94. The zero-order valence-electron chi connectivity index (χ0n) is 21.9. The van der Waals surface area contributed by atoms with E-state index < -0.39 is 13.7 Å². The third-order valence-electron chi connectivity index (χ3n) is 7.22. The van der Waals surface area contributed by atoms with Crippen molar-refractivity contribution in [2.45, 2.75) is 36.7 Å². The third-order valence-corrected chi connectivity index (χ3v) is 9.87. The molecule has 0 bridgehead atoms. The Bertz CT molecular complexity index is 1560. The summed E-state index contributed by atoms with van der Waals surface area (Å²) in [5.41, 5.74) is 3.72. The molecule has 0 aliphatic carbocycles. The monoisotopic (exact) mass is 609 g/mol. The number of phenolic OH excluding ortho intramolecular Hbond substituents is 1. The zero-order valence-corrected chi connectivity index (χ0v) is 24.4. The second kappa shape index (κ2) is 12.4. The smallest absolute Gasteiger partial charge is 0.356 e. The summed E-state index contributed by atoms with van der Waals surface area (Å²) < 4.78 is 25.5. The van der Waals surface area contributed by atoms with Crippen LogP contribution in [0, 0.1) is 5.82 Å². The lowest BCUT2D eigenvalue weighted by Gasteiger charge is -2.30. The van der Waals surface area contributed by atoms with E-state index in [0.717, 1.165) is 12.1 Å². The second-order valence-electron chi connectivity index (χ2n) is 9.94. The molecule has 41 heavy (non-hydrogen) atoms. The number of anilines is 1. The van der Waals surface area contributed by atoms with Crippen LogP contribution in [0.25, 0.3) is 11.1 Å². The highest BCUT2D eigenvalue weighted by Crippen LogP contribution is 2.49. The minimum Gasteiger partial charge on any atom is -0.508 e. The number of thiocarbonyl (C=S) groups is 1. The molecule has 4 N–H and O–H groups in total. The fourth-order valence-corrected chi connectivity index (χ4v) is 7.53. The van der Waals surface area contributed by atoms with Crippen molar-refractivity contribution >= 4 is 46.9 Å². The first-order valence-corrected chi connectivity index (χ1v) is 16.0. The lowest BCUT2D eigenvalue weighted by molar-refractivity contribution is 0.163. The Morgan fingerprint density at radius 3 is 2.22 bits per heavy atom. The number of nitrogens with zero attached hydrogens (tertiary/aromatic N) is 1. The van der Waals surface area contributed by atoms with E-state index in [9.17, 15) is 29.0 Å². The van der Waals surface area contributed by atoms with Gasteiger partial charge in [-0.15, -0.1) is 0 Å². The first-order valence-electron chi connectivity index (χ1n) is 13.1. The number of aromatic hydroxyl groups is 1. The molecule has 1 aliphatic rings. The lowest BCUT2D eigenvalue weighted by atomic mass is 9.94. The fourth-order valence-electron chi connectivity index (χ4n) is 5.13. The van der Waals surface area contributed by atoms with Crippen LogP contribution in [0.1, 0.15) is 42.5 Å². The van der Waals surface area contributed by atoms with Gasteiger partial charge >= 0.3 is 7.60 Å². The highest BCUT2D eigenvalue weighted by Gasteiger charge is 2.41. The molecule has 4 aromatic carbocycles. The van der Waals surface area contributed by atoms with Crippen LogP contribution < -0.4 is 10.2 Å². The van der Waals surface area contributed by atoms with Crippen LogP contribution in [0.2, 0.25) is 0 Å². The van der Waals surface area contributed by atoms with Gasteiger partial charge in [0.1, 0.15) is 15.9 Å². The number of halogens is 1. The van der Waals surface area contributed by atoms with E-state index in [4.69, 9.17) is 12.2 Å². The summed E-state index contributed by atoms with van der Waals surface area (Å²) in [4.78, 5) is 20.9. The van der Waals surface area contributed by atoms with E-state index in [0.29, 0.717) is 39.4 Å². The van der Waals surface area contributed by atoms with Gasteiger partial charge in [0.2, 0.25) is 0 Å². The molecular weight excluding hydrogens is 580 g/mol. The normalized spacial score (nSPS) is 18.0. The van der Waals surface area contributed by atoms with E-state index in [1.54, 1.807) is 42.1 Å². The van der Waals surface area contributed by atoms with Crippen molar-refractivity contribution in [3.63, 3.8) is 0 Å². The van der Waals surface area contributed by atoms with Gasteiger partial charge in [0, 0.05) is 16.5 Å². The molecule has 1 heterocycles. The Balaban J connectivity index is 1.40. The number of hydrogen-bond acceptors (Lipinski definition) is 5. The first-order chi connectivity index (χ1) is 19.6. The van der Waals surface area contributed by atoms with Gasteiger partial charge in [-0.2, -0.15) is 0 Å². The Labute approximate surface area is 247 Å². The molecule has 0 radical (unpaired) electrons. The van der Waals surface area contributed by atoms with Crippen LogP contribution in [0.3, 0.4) is 0 Å². The molecule has 6 nitrogen and oxygen atoms in total. The summed E-state index contributed by atoms with van der Waals surface area (Å²) >= 11 is 7.39. The van der Waals surface area contributed by atoms with E-state index in [2.05, 4.69) is 4.90 Å². The van der Waals surface area contributed by atoms with E-state index >= 15 is 0 Å². The number of aliphatic hydroxyl groups is 1. The van der Waals surface area contributed by atoms with Crippen molar-refractivity contribution in [2.24, 2.45) is 0 Å². The van der Waals surface area contributed by atoms with Gasteiger partial charge in [0.15, 0.2) is 0 Å². The molecule has 0 amide bonds. The van der Waals surface area contributed by atoms with E-state index in [1.165, 1.54) is 24.3 Å². The molecule has 212 valence electrons. The molecule has 1 aliphatic heterocycles. The number of rotatable bonds is 9. The molecule has 0 aromatic heterocycles. The van der Waals surface area contributed by atoms with E-state index in [1.807, 2.05) is 42.5 Å². The fraction of sp³-hybridized carbons (Fsp3) is 0.194. The Morgan fingerprint density at radius 1 is 0.927 bits per heavy atom. The number of hydrogen-bond donors (Lipinski definition) is 4. The van der Waals surface area contributed by atoms with Gasteiger partial charge in [-0.25, -0.2) is 4.39 Å². The number of thioether (sulfide) groups is 1. The molecule has 10 heteroatoms. The first kappa shape index (κ1) is 29.5. The Hall–Kier alpha value is -3.04. The molecule has 1 fully saturated rings. The van der Waals surface area contributed by atoms with Crippen molar-refractivity contribution in [1.82, 2.24) is 0 Å². The Morgan fingerprint density at radius 2 is 1.59 bits per heavy atom. The van der Waals surface area contributed by atoms with Crippen LogP contribution in [0.15, 0.2) is 97.1 Å². The number of para-hydroxylation sites is 1. The van der Waals surface area contributed by atoms with Gasteiger partial charge in [-0.05, 0) is 78.4 Å². The maximum Gasteiger partial charge on any atom is 0.356 e. The second-order valence-corrected chi connectivity index (χ2v) is 13.4. The largest absolute Gasteiger partial charge is 0.508 e. The number of aliphatic hydroxyl groups excluding tert-OH is 1. The predicted octanol–water partition coefficient (Wildman–Crippen LogP) is 6.85. The van der Waals surface area contributed by atoms with Crippen LogP contribution in [0.5, 0.6) is 5.75 Å². The molecule has 0 unspecified atom stereocenters. The third kappa shape index (κ3) is 6.72. The lowest BCUT2D eigenvalue weighted by Crippen LogP contribution is -2.29. The van der Waals surface area contributed by atoms with Crippen molar-refractivity contribution in [1.29, 1.82) is 0 Å². The van der Waals surface area contributed by atoms with Crippen molar-refractivity contribution in [3.8, 4) is 16.9 Å². The van der Waals surface area contributed by atoms with Crippen LogP contribution in [0.4, 0.5) is 10.1 Å². The molecule has 0 spiro atoms. The molecule has 5 rings (SSSR count). The topological polar surface area (TPSA) is 101 Å². The molecule has 0 saturated carbocycles. The van der Waals surface area contributed by atoms with Gasteiger partial charge in [0.05, 0.1) is 17.5 Å². The standard InChI is InChI=1S/C31H29FNO5PS2/c32-23-14-9-21(10-15-23)27(34)7-4-8-29-30(33(31(40)41-29)24-5-2-1-3-6-24)26-18-13-22(19-28(26)35)20-11-16-25(17-12-20)39(36,37)38/h1-3,5-6,9-19,27,29-30,34-35H,4,7-8H2,(H2,36,37,38)/t27-,29-,30-/m1/s1. The molecule has 4 aromatic rings.